The fourth-order valence-electron chi connectivity index (χ4n) is 4.06. The van der Waals surface area contributed by atoms with Gasteiger partial charge in [0.2, 0.25) is 0 Å². The normalized spacial score (nSPS) is 18.9. The molecule has 2 fully saturated rings. The lowest BCUT2D eigenvalue weighted by Crippen LogP contribution is -2.43. The smallest absolute Gasteiger partial charge is 0.191 e. The highest BCUT2D eigenvalue weighted by atomic mass is 127. The van der Waals surface area contributed by atoms with Gasteiger partial charge in [0, 0.05) is 39.4 Å². The molecule has 1 aromatic carbocycles. The Labute approximate surface area is 187 Å². The number of benzene rings is 1. The van der Waals surface area contributed by atoms with Gasteiger partial charge in [-0.05, 0) is 50.0 Å². The van der Waals surface area contributed by atoms with Gasteiger partial charge in [-0.1, -0.05) is 31.0 Å². The fraction of sp³-hybridized carbons (Fsp3) is 0.682. The van der Waals surface area contributed by atoms with Crippen LogP contribution in [0.4, 0.5) is 0 Å². The molecule has 0 amide bonds. The molecule has 158 valence electrons. The van der Waals surface area contributed by atoms with E-state index in [2.05, 4.69) is 33.8 Å². The van der Waals surface area contributed by atoms with E-state index in [1.165, 1.54) is 50.5 Å². The molecule has 2 aliphatic carbocycles. The minimum Gasteiger partial charge on any atom is -0.490 e. The topological polar surface area (TPSA) is 54.9 Å². The van der Waals surface area contributed by atoms with Crippen LogP contribution < -0.4 is 15.4 Å². The zero-order chi connectivity index (χ0) is 19.0. The van der Waals surface area contributed by atoms with Gasteiger partial charge < -0.3 is 20.1 Å². The first-order valence-corrected chi connectivity index (χ1v) is 10.4. The molecule has 6 heteroatoms. The third-order valence-electron chi connectivity index (χ3n) is 6.12. The standard InChI is InChI=1S/C22H35N3O2.HI/c1-23-21(25-17-22(14-15-26-2)12-5-6-13-22)24-16-18-8-3-4-11-20(18)27-19-9-7-10-19;/h3-4,8,11,19H,5-7,9-10,12-17H2,1-2H3,(H2,23,24,25);1H. The zero-order valence-electron chi connectivity index (χ0n) is 17.3. The molecular weight excluding hydrogens is 465 g/mol. The van der Waals surface area contributed by atoms with Gasteiger partial charge in [0.05, 0.1) is 6.10 Å². The largest absolute Gasteiger partial charge is 0.490 e. The quantitative estimate of drug-likeness (QED) is 0.297. The molecule has 0 spiro atoms. The fourth-order valence-corrected chi connectivity index (χ4v) is 4.06. The van der Waals surface area contributed by atoms with E-state index in [9.17, 15) is 0 Å². The van der Waals surface area contributed by atoms with Crippen LogP contribution in [0.5, 0.6) is 5.75 Å². The Hall–Kier alpha value is -1.02. The van der Waals surface area contributed by atoms with Crippen LogP contribution in [-0.2, 0) is 11.3 Å². The minimum absolute atomic E-state index is 0. The number of methoxy groups -OCH3 is 1. The Morgan fingerprint density at radius 3 is 2.54 bits per heavy atom. The number of para-hydroxylation sites is 1. The number of rotatable bonds is 9. The lowest BCUT2D eigenvalue weighted by molar-refractivity contribution is 0.119. The molecular formula is C22H36IN3O2. The molecule has 0 unspecified atom stereocenters. The second-order valence-electron chi connectivity index (χ2n) is 8.01. The molecule has 0 atom stereocenters. The summed E-state index contributed by atoms with van der Waals surface area (Å²) >= 11 is 0. The molecule has 28 heavy (non-hydrogen) atoms. The summed E-state index contributed by atoms with van der Waals surface area (Å²) in [6.07, 6.45) is 10.3. The zero-order valence-corrected chi connectivity index (χ0v) is 19.7. The van der Waals surface area contributed by atoms with E-state index >= 15 is 0 Å². The Kier molecular flexibility index (Phi) is 9.85. The maximum absolute atomic E-state index is 6.13. The predicted octanol–water partition coefficient (Wildman–Crippen LogP) is 4.50. The van der Waals surface area contributed by atoms with Crippen LogP contribution in [-0.4, -0.2) is 39.4 Å². The Balaban J connectivity index is 0.00000280. The van der Waals surface area contributed by atoms with E-state index in [0.29, 0.717) is 18.1 Å². The second-order valence-corrected chi connectivity index (χ2v) is 8.01. The summed E-state index contributed by atoms with van der Waals surface area (Å²) in [6, 6.07) is 8.32. The molecule has 0 bridgehead atoms. The van der Waals surface area contributed by atoms with Crippen LogP contribution >= 0.6 is 24.0 Å². The van der Waals surface area contributed by atoms with Crippen LogP contribution in [0.1, 0.15) is 56.9 Å². The maximum atomic E-state index is 6.13. The van der Waals surface area contributed by atoms with Crippen molar-refractivity contribution in [2.24, 2.45) is 10.4 Å². The van der Waals surface area contributed by atoms with E-state index in [1.807, 2.05) is 13.1 Å². The number of guanidine groups is 1. The summed E-state index contributed by atoms with van der Waals surface area (Å²) in [5.41, 5.74) is 1.53. The summed E-state index contributed by atoms with van der Waals surface area (Å²) in [6.45, 7) is 2.50. The molecule has 0 radical (unpaired) electrons. The van der Waals surface area contributed by atoms with Crippen molar-refractivity contribution in [1.29, 1.82) is 0 Å². The highest BCUT2D eigenvalue weighted by Gasteiger charge is 2.33. The van der Waals surface area contributed by atoms with Crippen LogP contribution in [0.3, 0.4) is 0 Å². The van der Waals surface area contributed by atoms with Gasteiger partial charge in [-0.25, -0.2) is 0 Å². The van der Waals surface area contributed by atoms with Gasteiger partial charge in [0.25, 0.3) is 0 Å². The number of ether oxygens (including phenoxy) is 2. The van der Waals surface area contributed by atoms with Gasteiger partial charge in [-0.15, -0.1) is 24.0 Å². The summed E-state index contributed by atoms with van der Waals surface area (Å²) < 4.78 is 11.5. The maximum Gasteiger partial charge on any atom is 0.191 e. The summed E-state index contributed by atoms with van der Waals surface area (Å²) in [7, 11) is 3.63. The number of nitrogens with zero attached hydrogens (tertiary/aromatic N) is 1. The summed E-state index contributed by atoms with van der Waals surface area (Å²) in [4.78, 5) is 4.42. The molecule has 0 aromatic heterocycles. The van der Waals surface area contributed by atoms with Crippen molar-refractivity contribution >= 4 is 29.9 Å². The van der Waals surface area contributed by atoms with Gasteiger partial charge in [0.15, 0.2) is 5.96 Å². The third kappa shape index (κ3) is 6.51. The molecule has 1 aromatic rings. The highest BCUT2D eigenvalue weighted by Crippen LogP contribution is 2.40. The molecule has 2 saturated carbocycles. The number of nitrogens with one attached hydrogen (secondary N) is 2. The van der Waals surface area contributed by atoms with Gasteiger partial charge >= 0.3 is 0 Å². The van der Waals surface area contributed by atoms with Crippen molar-refractivity contribution in [3.63, 3.8) is 0 Å². The summed E-state index contributed by atoms with van der Waals surface area (Å²) in [5.74, 6) is 1.86. The monoisotopic (exact) mass is 501 g/mol. The van der Waals surface area contributed by atoms with Crippen molar-refractivity contribution in [1.82, 2.24) is 10.6 Å². The number of hydrogen-bond acceptors (Lipinski definition) is 3. The van der Waals surface area contributed by atoms with E-state index in [4.69, 9.17) is 9.47 Å². The first-order chi connectivity index (χ1) is 13.2. The van der Waals surface area contributed by atoms with Crippen molar-refractivity contribution in [2.45, 2.75) is 64.0 Å². The molecule has 0 heterocycles. The molecule has 0 saturated heterocycles. The average Bonchev–Trinajstić information content (AvgIpc) is 3.13. The van der Waals surface area contributed by atoms with Crippen molar-refractivity contribution in [2.75, 3.05) is 27.3 Å². The molecule has 0 aliphatic heterocycles. The highest BCUT2D eigenvalue weighted by molar-refractivity contribution is 14.0. The summed E-state index contributed by atoms with van der Waals surface area (Å²) in [5, 5.41) is 7.02. The SMILES string of the molecule is CN=C(NCc1ccccc1OC1CCC1)NCC1(CCOC)CCCC1.I. The Bertz CT molecular complexity index is 614. The van der Waals surface area contributed by atoms with Crippen LogP contribution in [0.25, 0.3) is 0 Å². The van der Waals surface area contributed by atoms with Gasteiger partial charge in [0.1, 0.15) is 5.75 Å². The lowest BCUT2D eigenvalue weighted by Gasteiger charge is -2.30. The van der Waals surface area contributed by atoms with Crippen molar-refractivity contribution in [3.05, 3.63) is 29.8 Å². The second kappa shape index (κ2) is 11.9. The van der Waals surface area contributed by atoms with Crippen LogP contribution in [0.15, 0.2) is 29.3 Å². The van der Waals surface area contributed by atoms with E-state index < -0.39 is 0 Å². The van der Waals surface area contributed by atoms with E-state index in [1.54, 1.807) is 7.11 Å². The predicted molar refractivity (Wildman–Crippen MR) is 126 cm³/mol. The minimum atomic E-state index is 0. The van der Waals surface area contributed by atoms with Crippen molar-refractivity contribution in [3.8, 4) is 5.75 Å². The average molecular weight is 501 g/mol. The lowest BCUT2D eigenvalue weighted by atomic mass is 9.83. The van der Waals surface area contributed by atoms with Gasteiger partial charge in [-0.3, -0.25) is 4.99 Å². The third-order valence-corrected chi connectivity index (χ3v) is 6.12. The molecule has 5 nitrogen and oxygen atoms in total. The van der Waals surface area contributed by atoms with Gasteiger partial charge in [-0.2, -0.15) is 0 Å². The number of hydrogen-bond donors (Lipinski definition) is 2. The Morgan fingerprint density at radius 1 is 1.14 bits per heavy atom. The number of halogens is 1. The van der Waals surface area contributed by atoms with Crippen LogP contribution in [0.2, 0.25) is 0 Å². The van der Waals surface area contributed by atoms with E-state index in [0.717, 1.165) is 31.3 Å². The first kappa shape index (κ1) is 23.3. The molecule has 2 N–H and O–H groups in total. The first-order valence-electron chi connectivity index (χ1n) is 10.4. The molecule has 3 rings (SSSR count). The Morgan fingerprint density at radius 2 is 1.89 bits per heavy atom. The van der Waals surface area contributed by atoms with Crippen LogP contribution in [0, 0.1) is 5.41 Å². The number of aliphatic imine (C=N–C) groups is 1. The van der Waals surface area contributed by atoms with Crippen molar-refractivity contribution < 1.29 is 9.47 Å². The molecule has 2 aliphatic rings. The van der Waals surface area contributed by atoms with E-state index in [-0.39, 0.29) is 24.0 Å².